The Morgan fingerprint density at radius 3 is 2.88 bits per heavy atom. The summed E-state index contributed by atoms with van der Waals surface area (Å²) in [6.07, 6.45) is 7.25. The number of nitrogen functional groups attached to an aromatic ring is 1. The fourth-order valence-corrected chi connectivity index (χ4v) is 2.23. The molecule has 0 unspecified atom stereocenters. The Labute approximate surface area is 104 Å². The van der Waals surface area contributed by atoms with Crippen molar-refractivity contribution in [2.75, 3.05) is 25.4 Å². The Morgan fingerprint density at radius 2 is 2.29 bits per heavy atom. The topological polar surface area (TPSA) is 47.1 Å². The fraction of sp³-hybridized carbons (Fsp3) is 0.769. The first-order valence-electron chi connectivity index (χ1n) is 6.79. The molecular weight excluding hydrogens is 212 g/mol. The van der Waals surface area contributed by atoms with Gasteiger partial charge in [-0.2, -0.15) is 5.10 Å². The molecule has 1 saturated carbocycles. The Kier molecular flexibility index (Phi) is 4.42. The molecule has 1 aliphatic rings. The van der Waals surface area contributed by atoms with Crippen LogP contribution in [0.3, 0.4) is 0 Å². The molecule has 0 spiro atoms. The van der Waals surface area contributed by atoms with Crippen LogP contribution in [0, 0.1) is 5.92 Å². The van der Waals surface area contributed by atoms with Gasteiger partial charge in [-0.1, -0.05) is 6.92 Å². The van der Waals surface area contributed by atoms with E-state index in [-0.39, 0.29) is 0 Å². The van der Waals surface area contributed by atoms with Crippen LogP contribution in [0.1, 0.15) is 32.6 Å². The molecule has 4 heteroatoms. The Bertz CT molecular complexity index is 330. The molecule has 0 saturated heterocycles. The smallest absolute Gasteiger partial charge is 0.145 e. The summed E-state index contributed by atoms with van der Waals surface area (Å²) in [6, 6.07) is 1.86. The molecule has 1 aliphatic carbocycles. The predicted molar refractivity (Wildman–Crippen MR) is 70.7 cm³/mol. The SMILES string of the molecule is CCCN(CCCn1ccc(N)n1)CC1CC1. The van der Waals surface area contributed by atoms with Crippen molar-refractivity contribution < 1.29 is 0 Å². The lowest BCUT2D eigenvalue weighted by Crippen LogP contribution is -2.28. The van der Waals surface area contributed by atoms with E-state index in [1.807, 2.05) is 16.9 Å². The van der Waals surface area contributed by atoms with Crippen LogP contribution in [0.15, 0.2) is 12.3 Å². The Hall–Kier alpha value is -1.03. The van der Waals surface area contributed by atoms with Crippen molar-refractivity contribution in [3.8, 4) is 0 Å². The number of nitrogens with two attached hydrogens (primary N) is 1. The summed E-state index contributed by atoms with van der Waals surface area (Å²) >= 11 is 0. The lowest BCUT2D eigenvalue weighted by atomic mass is 10.3. The van der Waals surface area contributed by atoms with E-state index in [1.165, 1.54) is 38.9 Å². The summed E-state index contributed by atoms with van der Waals surface area (Å²) in [5.41, 5.74) is 5.59. The van der Waals surface area contributed by atoms with Gasteiger partial charge in [-0.3, -0.25) is 4.68 Å². The van der Waals surface area contributed by atoms with Crippen molar-refractivity contribution in [3.63, 3.8) is 0 Å². The van der Waals surface area contributed by atoms with Crippen molar-refractivity contribution in [2.24, 2.45) is 5.92 Å². The average Bonchev–Trinajstić information content (AvgIpc) is 3.01. The first-order valence-corrected chi connectivity index (χ1v) is 6.79. The van der Waals surface area contributed by atoms with Crippen LogP contribution >= 0.6 is 0 Å². The van der Waals surface area contributed by atoms with Gasteiger partial charge in [-0.15, -0.1) is 0 Å². The van der Waals surface area contributed by atoms with Crippen LogP contribution in [0.2, 0.25) is 0 Å². The van der Waals surface area contributed by atoms with E-state index in [0.29, 0.717) is 5.82 Å². The number of aromatic nitrogens is 2. The van der Waals surface area contributed by atoms with Gasteiger partial charge in [-0.25, -0.2) is 0 Å². The molecule has 0 radical (unpaired) electrons. The maximum absolute atomic E-state index is 5.59. The maximum Gasteiger partial charge on any atom is 0.145 e. The summed E-state index contributed by atoms with van der Waals surface area (Å²) in [5, 5.41) is 4.20. The molecule has 2 N–H and O–H groups in total. The molecule has 0 atom stereocenters. The first kappa shape index (κ1) is 12.4. The monoisotopic (exact) mass is 236 g/mol. The fourth-order valence-electron chi connectivity index (χ4n) is 2.23. The quantitative estimate of drug-likeness (QED) is 0.750. The molecule has 96 valence electrons. The van der Waals surface area contributed by atoms with E-state index in [0.717, 1.165) is 18.9 Å². The number of rotatable bonds is 8. The summed E-state index contributed by atoms with van der Waals surface area (Å²) in [6.45, 7) is 6.95. The molecule has 1 aromatic rings. The molecule has 1 heterocycles. The van der Waals surface area contributed by atoms with Gasteiger partial charge in [0.15, 0.2) is 0 Å². The second-order valence-electron chi connectivity index (χ2n) is 5.10. The number of hydrogen-bond donors (Lipinski definition) is 1. The van der Waals surface area contributed by atoms with E-state index in [1.54, 1.807) is 0 Å². The first-order chi connectivity index (χ1) is 8.28. The Balaban J connectivity index is 1.67. The molecule has 4 nitrogen and oxygen atoms in total. The minimum Gasteiger partial charge on any atom is -0.382 e. The van der Waals surface area contributed by atoms with E-state index in [4.69, 9.17) is 5.73 Å². The minimum atomic E-state index is 0.619. The van der Waals surface area contributed by atoms with E-state index >= 15 is 0 Å². The van der Waals surface area contributed by atoms with Crippen molar-refractivity contribution in [1.82, 2.24) is 14.7 Å². The zero-order valence-electron chi connectivity index (χ0n) is 10.8. The van der Waals surface area contributed by atoms with Gasteiger partial charge in [0.2, 0.25) is 0 Å². The normalized spacial score (nSPS) is 15.6. The van der Waals surface area contributed by atoms with Crippen LogP contribution in [0.25, 0.3) is 0 Å². The molecule has 0 amide bonds. The zero-order valence-corrected chi connectivity index (χ0v) is 10.8. The van der Waals surface area contributed by atoms with Crippen LogP contribution < -0.4 is 5.73 Å². The van der Waals surface area contributed by atoms with Crippen molar-refractivity contribution >= 4 is 5.82 Å². The lowest BCUT2D eigenvalue weighted by Gasteiger charge is -2.21. The number of aryl methyl sites for hydroxylation is 1. The number of nitrogens with zero attached hydrogens (tertiary/aromatic N) is 3. The summed E-state index contributed by atoms with van der Waals surface area (Å²) < 4.78 is 1.94. The van der Waals surface area contributed by atoms with Crippen molar-refractivity contribution in [2.45, 2.75) is 39.2 Å². The van der Waals surface area contributed by atoms with Gasteiger partial charge >= 0.3 is 0 Å². The van der Waals surface area contributed by atoms with Gasteiger partial charge in [0.05, 0.1) is 0 Å². The molecular formula is C13H24N4. The van der Waals surface area contributed by atoms with Crippen LogP contribution in [-0.4, -0.2) is 34.3 Å². The van der Waals surface area contributed by atoms with Gasteiger partial charge in [0.25, 0.3) is 0 Å². The molecule has 1 aromatic heterocycles. The maximum atomic E-state index is 5.59. The van der Waals surface area contributed by atoms with Crippen LogP contribution in [0.4, 0.5) is 5.82 Å². The number of anilines is 1. The van der Waals surface area contributed by atoms with E-state index in [2.05, 4.69) is 16.9 Å². The van der Waals surface area contributed by atoms with Crippen LogP contribution in [0.5, 0.6) is 0 Å². The highest BCUT2D eigenvalue weighted by Gasteiger charge is 2.23. The average molecular weight is 236 g/mol. The van der Waals surface area contributed by atoms with Gasteiger partial charge in [-0.05, 0) is 50.8 Å². The molecule has 0 aliphatic heterocycles. The third-order valence-electron chi connectivity index (χ3n) is 3.28. The molecule has 2 rings (SSSR count). The van der Waals surface area contributed by atoms with Gasteiger partial charge in [0.1, 0.15) is 5.82 Å². The lowest BCUT2D eigenvalue weighted by molar-refractivity contribution is 0.254. The summed E-state index contributed by atoms with van der Waals surface area (Å²) in [5.74, 6) is 1.61. The highest BCUT2D eigenvalue weighted by Crippen LogP contribution is 2.29. The van der Waals surface area contributed by atoms with Crippen molar-refractivity contribution in [1.29, 1.82) is 0 Å². The van der Waals surface area contributed by atoms with Crippen molar-refractivity contribution in [3.05, 3.63) is 12.3 Å². The highest BCUT2D eigenvalue weighted by molar-refractivity contribution is 5.23. The molecule has 17 heavy (non-hydrogen) atoms. The van der Waals surface area contributed by atoms with E-state index in [9.17, 15) is 0 Å². The second kappa shape index (κ2) is 6.05. The predicted octanol–water partition coefficient (Wildman–Crippen LogP) is 1.98. The molecule has 0 aromatic carbocycles. The van der Waals surface area contributed by atoms with E-state index < -0.39 is 0 Å². The molecule has 0 bridgehead atoms. The third kappa shape index (κ3) is 4.38. The van der Waals surface area contributed by atoms with Gasteiger partial charge < -0.3 is 10.6 Å². The minimum absolute atomic E-state index is 0.619. The third-order valence-corrected chi connectivity index (χ3v) is 3.28. The Morgan fingerprint density at radius 1 is 1.47 bits per heavy atom. The van der Waals surface area contributed by atoms with Crippen LogP contribution in [-0.2, 0) is 6.54 Å². The number of hydrogen-bond acceptors (Lipinski definition) is 3. The standard InChI is InChI=1S/C13H24N4/c1-2-7-16(11-12-4-5-12)8-3-9-17-10-6-13(14)15-17/h6,10,12H,2-5,7-9,11H2,1H3,(H2,14,15). The zero-order chi connectivity index (χ0) is 12.1. The second-order valence-corrected chi connectivity index (χ2v) is 5.10. The molecule has 1 fully saturated rings. The highest BCUT2D eigenvalue weighted by atomic mass is 15.3. The van der Waals surface area contributed by atoms with Gasteiger partial charge in [0, 0.05) is 19.3 Å². The summed E-state index contributed by atoms with van der Waals surface area (Å²) in [4.78, 5) is 2.60. The summed E-state index contributed by atoms with van der Waals surface area (Å²) in [7, 11) is 0. The largest absolute Gasteiger partial charge is 0.382 e.